The van der Waals surface area contributed by atoms with Gasteiger partial charge in [-0.05, 0) is 39.0 Å². The van der Waals surface area contributed by atoms with Crippen LogP contribution < -0.4 is 5.32 Å². The molecule has 0 radical (unpaired) electrons. The summed E-state index contributed by atoms with van der Waals surface area (Å²) < 4.78 is 0. The topological polar surface area (TPSA) is 104 Å². The molecule has 0 spiro atoms. The van der Waals surface area contributed by atoms with Crippen molar-refractivity contribution in [2.45, 2.75) is 18.9 Å². The fraction of sp³-hybridized carbons (Fsp3) is 0.429. The zero-order valence-corrected chi connectivity index (χ0v) is 12.2. The van der Waals surface area contributed by atoms with Crippen molar-refractivity contribution in [3.63, 3.8) is 0 Å². The van der Waals surface area contributed by atoms with Gasteiger partial charge in [0.15, 0.2) is 5.69 Å². The quantitative estimate of drug-likeness (QED) is 0.657. The molecule has 2 heterocycles. The Labute approximate surface area is 126 Å². The summed E-state index contributed by atoms with van der Waals surface area (Å²) in [6, 6.07) is 4.45. The van der Waals surface area contributed by atoms with Crippen LogP contribution in [-0.4, -0.2) is 52.1 Å². The van der Waals surface area contributed by atoms with Gasteiger partial charge in [0.1, 0.15) is 0 Å². The summed E-state index contributed by atoms with van der Waals surface area (Å²) in [5.74, 6) is -0.290. The maximum atomic E-state index is 12.4. The molecule has 2 N–H and O–H groups in total. The Morgan fingerprint density at radius 1 is 1.45 bits per heavy atom. The van der Waals surface area contributed by atoms with Gasteiger partial charge in [0.2, 0.25) is 0 Å². The minimum atomic E-state index is -0.481. The SMILES string of the molecule is CN1CCC(NC(=O)c2n[nH]c3ccc([N+](=O)[O-])cc23)CC1. The summed E-state index contributed by atoms with van der Waals surface area (Å²) in [5, 5.41) is 21.0. The largest absolute Gasteiger partial charge is 0.348 e. The van der Waals surface area contributed by atoms with E-state index in [0.29, 0.717) is 10.9 Å². The Hall–Kier alpha value is -2.48. The molecule has 1 aromatic carbocycles. The summed E-state index contributed by atoms with van der Waals surface area (Å²) in [5.41, 5.74) is 0.763. The van der Waals surface area contributed by atoms with Crippen LogP contribution in [0.2, 0.25) is 0 Å². The molecular weight excluding hydrogens is 286 g/mol. The van der Waals surface area contributed by atoms with Crippen LogP contribution in [0.15, 0.2) is 18.2 Å². The number of rotatable bonds is 3. The van der Waals surface area contributed by atoms with E-state index in [-0.39, 0.29) is 23.3 Å². The Balaban J connectivity index is 1.81. The van der Waals surface area contributed by atoms with Gasteiger partial charge in [-0.15, -0.1) is 0 Å². The number of carbonyl (C=O) groups excluding carboxylic acids is 1. The number of nitro benzene ring substituents is 1. The number of nitrogens with zero attached hydrogens (tertiary/aromatic N) is 3. The van der Waals surface area contributed by atoms with Crippen molar-refractivity contribution in [2.24, 2.45) is 0 Å². The average Bonchev–Trinajstić information content (AvgIpc) is 2.92. The summed E-state index contributed by atoms with van der Waals surface area (Å²) in [4.78, 5) is 25.0. The molecule has 3 rings (SSSR count). The smallest absolute Gasteiger partial charge is 0.272 e. The van der Waals surface area contributed by atoms with Crippen LogP contribution in [0.3, 0.4) is 0 Å². The maximum Gasteiger partial charge on any atom is 0.272 e. The number of piperidine rings is 1. The number of hydrogen-bond acceptors (Lipinski definition) is 5. The third-order valence-corrected chi connectivity index (χ3v) is 4.03. The van der Waals surface area contributed by atoms with Gasteiger partial charge in [0, 0.05) is 23.6 Å². The lowest BCUT2D eigenvalue weighted by Crippen LogP contribution is -2.43. The van der Waals surface area contributed by atoms with E-state index in [1.165, 1.54) is 12.1 Å². The molecule has 1 aliphatic heterocycles. The number of nitrogens with one attached hydrogen (secondary N) is 2. The molecule has 1 aliphatic rings. The molecule has 116 valence electrons. The highest BCUT2D eigenvalue weighted by molar-refractivity contribution is 6.05. The zero-order valence-electron chi connectivity index (χ0n) is 12.2. The van der Waals surface area contributed by atoms with Gasteiger partial charge in [-0.25, -0.2) is 0 Å². The molecule has 22 heavy (non-hydrogen) atoms. The van der Waals surface area contributed by atoms with Crippen molar-refractivity contribution in [3.8, 4) is 0 Å². The third kappa shape index (κ3) is 2.77. The van der Waals surface area contributed by atoms with Crippen molar-refractivity contribution >= 4 is 22.5 Å². The monoisotopic (exact) mass is 303 g/mol. The molecule has 0 unspecified atom stereocenters. The first-order chi connectivity index (χ1) is 10.5. The van der Waals surface area contributed by atoms with Crippen molar-refractivity contribution in [1.29, 1.82) is 0 Å². The number of likely N-dealkylation sites (tertiary alicyclic amines) is 1. The van der Waals surface area contributed by atoms with E-state index < -0.39 is 4.92 Å². The lowest BCUT2D eigenvalue weighted by atomic mass is 10.1. The number of aromatic amines is 1. The van der Waals surface area contributed by atoms with Crippen LogP contribution in [0, 0.1) is 10.1 Å². The van der Waals surface area contributed by atoms with E-state index in [4.69, 9.17) is 0 Å². The van der Waals surface area contributed by atoms with Crippen LogP contribution in [0.1, 0.15) is 23.3 Å². The number of nitro groups is 1. The van der Waals surface area contributed by atoms with Crippen LogP contribution in [0.5, 0.6) is 0 Å². The first-order valence-electron chi connectivity index (χ1n) is 7.16. The van der Waals surface area contributed by atoms with E-state index in [1.807, 2.05) is 0 Å². The summed E-state index contributed by atoms with van der Waals surface area (Å²) in [6.07, 6.45) is 1.79. The normalized spacial score (nSPS) is 16.8. The summed E-state index contributed by atoms with van der Waals surface area (Å²) >= 11 is 0. The summed E-state index contributed by atoms with van der Waals surface area (Å²) in [7, 11) is 2.05. The molecule has 0 aliphatic carbocycles. The second kappa shape index (κ2) is 5.72. The number of non-ortho nitro benzene ring substituents is 1. The molecule has 1 aromatic heterocycles. The number of H-pyrrole nitrogens is 1. The van der Waals surface area contributed by atoms with Crippen molar-refractivity contribution in [1.82, 2.24) is 20.4 Å². The molecule has 8 heteroatoms. The Bertz CT molecular complexity index is 718. The molecule has 0 saturated carbocycles. The van der Waals surface area contributed by atoms with Gasteiger partial charge in [0.25, 0.3) is 11.6 Å². The molecule has 1 fully saturated rings. The van der Waals surface area contributed by atoms with Crippen molar-refractivity contribution in [3.05, 3.63) is 34.0 Å². The molecule has 2 aromatic rings. The second-order valence-electron chi connectivity index (χ2n) is 5.61. The standard InChI is InChI=1S/C14H17N5O3/c1-18-6-4-9(5-7-18)15-14(20)13-11-8-10(19(21)22)2-3-12(11)16-17-13/h2-3,8-9H,4-7H2,1H3,(H,15,20)(H,16,17). The van der Waals surface area contributed by atoms with Crippen molar-refractivity contribution < 1.29 is 9.72 Å². The van der Waals surface area contributed by atoms with E-state index >= 15 is 0 Å². The molecular formula is C14H17N5O3. The Kier molecular flexibility index (Phi) is 3.76. The van der Waals surface area contributed by atoms with Gasteiger partial charge in [-0.2, -0.15) is 5.10 Å². The minimum Gasteiger partial charge on any atom is -0.348 e. The fourth-order valence-electron chi connectivity index (χ4n) is 2.70. The van der Waals surface area contributed by atoms with Crippen LogP contribution in [0.4, 0.5) is 5.69 Å². The molecule has 0 atom stereocenters. The maximum absolute atomic E-state index is 12.4. The van der Waals surface area contributed by atoms with Gasteiger partial charge < -0.3 is 10.2 Å². The van der Waals surface area contributed by atoms with E-state index in [1.54, 1.807) is 6.07 Å². The van der Waals surface area contributed by atoms with E-state index in [9.17, 15) is 14.9 Å². The average molecular weight is 303 g/mol. The third-order valence-electron chi connectivity index (χ3n) is 4.03. The van der Waals surface area contributed by atoms with Gasteiger partial charge >= 0.3 is 0 Å². The van der Waals surface area contributed by atoms with Gasteiger partial charge in [-0.1, -0.05) is 0 Å². The first kappa shape index (κ1) is 14.5. The van der Waals surface area contributed by atoms with Crippen LogP contribution >= 0.6 is 0 Å². The molecule has 1 saturated heterocycles. The fourth-order valence-corrected chi connectivity index (χ4v) is 2.70. The lowest BCUT2D eigenvalue weighted by Gasteiger charge is -2.29. The minimum absolute atomic E-state index is 0.0535. The van der Waals surface area contributed by atoms with E-state index in [2.05, 4.69) is 27.5 Å². The Morgan fingerprint density at radius 2 is 2.18 bits per heavy atom. The number of amides is 1. The number of benzene rings is 1. The zero-order chi connectivity index (χ0) is 15.7. The van der Waals surface area contributed by atoms with Crippen LogP contribution in [-0.2, 0) is 0 Å². The number of fused-ring (bicyclic) bond motifs is 1. The highest BCUT2D eigenvalue weighted by Gasteiger charge is 2.22. The number of aromatic nitrogens is 2. The Morgan fingerprint density at radius 3 is 2.86 bits per heavy atom. The predicted octanol–water partition coefficient (Wildman–Crippen LogP) is 1.30. The number of hydrogen-bond donors (Lipinski definition) is 2. The molecule has 8 nitrogen and oxygen atoms in total. The van der Waals surface area contributed by atoms with Crippen LogP contribution in [0.25, 0.3) is 10.9 Å². The van der Waals surface area contributed by atoms with Gasteiger partial charge in [-0.3, -0.25) is 20.0 Å². The highest BCUT2D eigenvalue weighted by Crippen LogP contribution is 2.22. The predicted molar refractivity (Wildman–Crippen MR) is 80.7 cm³/mol. The first-order valence-corrected chi connectivity index (χ1v) is 7.16. The van der Waals surface area contributed by atoms with Crippen molar-refractivity contribution in [2.75, 3.05) is 20.1 Å². The number of carbonyl (C=O) groups is 1. The molecule has 1 amide bonds. The van der Waals surface area contributed by atoms with E-state index in [0.717, 1.165) is 25.9 Å². The lowest BCUT2D eigenvalue weighted by molar-refractivity contribution is -0.384. The summed E-state index contributed by atoms with van der Waals surface area (Å²) in [6.45, 7) is 1.88. The molecule has 0 bridgehead atoms. The second-order valence-corrected chi connectivity index (χ2v) is 5.61. The van der Waals surface area contributed by atoms with Gasteiger partial charge in [0.05, 0.1) is 10.4 Å². The highest BCUT2D eigenvalue weighted by atomic mass is 16.6.